The second-order valence-electron chi connectivity index (χ2n) is 13.9. The van der Waals surface area contributed by atoms with Crippen LogP contribution < -0.4 is 20.1 Å². The molecular formula is C43H51O2P2. The fraction of sp³-hybridized carbons (Fsp3) is 0.419. The van der Waals surface area contributed by atoms with Gasteiger partial charge in [-0.3, -0.25) is 0 Å². The van der Waals surface area contributed by atoms with Crippen molar-refractivity contribution < 1.29 is 9.47 Å². The van der Waals surface area contributed by atoms with Crippen LogP contribution in [0, 0.1) is 30.8 Å². The largest absolute Gasteiger partial charge is 0.497 e. The van der Waals surface area contributed by atoms with Crippen molar-refractivity contribution >= 4 is 48.0 Å². The van der Waals surface area contributed by atoms with Gasteiger partial charge in [-0.05, 0) is 144 Å². The predicted molar refractivity (Wildman–Crippen MR) is 206 cm³/mol. The second-order valence-corrected chi connectivity index (χ2v) is 19.2. The molecule has 0 aromatic heterocycles. The number of hydrogen-bond donors (Lipinski definition) is 0. The van der Waals surface area contributed by atoms with Crippen molar-refractivity contribution in [3.05, 3.63) is 104 Å². The molecule has 3 aliphatic carbocycles. The summed E-state index contributed by atoms with van der Waals surface area (Å²) in [7, 11) is 2.64. The number of hydrogen-bond acceptors (Lipinski definition) is 2. The molecule has 0 N–H and O–H groups in total. The highest BCUT2D eigenvalue weighted by Gasteiger charge is 2.45. The van der Waals surface area contributed by atoms with E-state index in [-0.39, 0.29) is 7.92 Å². The normalized spacial score (nSPS) is 20.2. The Bertz CT molecular complexity index is 1510. The Balaban J connectivity index is 1.29. The third kappa shape index (κ3) is 7.41. The summed E-state index contributed by atoms with van der Waals surface area (Å²) in [5, 5.41) is 7.88. The van der Waals surface area contributed by atoms with Gasteiger partial charge in [0.05, 0.1) is 14.2 Å². The lowest BCUT2D eigenvalue weighted by atomic mass is 10.0. The molecule has 1 atom stereocenters. The van der Waals surface area contributed by atoms with Crippen molar-refractivity contribution in [1.82, 2.24) is 0 Å². The first-order valence-corrected chi connectivity index (χ1v) is 21.0. The molecule has 0 bridgehead atoms. The van der Waals surface area contributed by atoms with Crippen LogP contribution in [-0.2, 0) is 0 Å². The molecule has 4 aromatic carbocycles. The lowest BCUT2D eigenvalue weighted by Crippen LogP contribution is -2.29. The molecule has 3 aliphatic rings. The first-order valence-electron chi connectivity index (χ1n) is 18.1. The Kier molecular flexibility index (Phi) is 11.1. The molecule has 7 rings (SSSR count). The Morgan fingerprint density at radius 3 is 1.47 bits per heavy atom. The quantitative estimate of drug-likeness (QED) is 0.131. The summed E-state index contributed by atoms with van der Waals surface area (Å²) in [4.78, 5) is 0. The van der Waals surface area contributed by atoms with Crippen molar-refractivity contribution in [2.45, 2.75) is 101 Å². The number of methoxy groups -OCH3 is 2. The van der Waals surface area contributed by atoms with Crippen molar-refractivity contribution in [2.24, 2.45) is 0 Å². The van der Waals surface area contributed by atoms with Crippen LogP contribution >= 0.6 is 15.8 Å². The van der Waals surface area contributed by atoms with Gasteiger partial charge in [0, 0.05) is 5.66 Å². The van der Waals surface area contributed by atoms with Gasteiger partial charge in [-0.15, -0.1) is 0 Å². The van der Waals surface area contributed by atoms with E-state index in [4.69, 9.17) is 9.47 Å². The first-order chi connectivity index (χ1) is 23.1. The summed E-state index contributed by atoms with van der Waals surface area (Å²) in [6, 6.07) is 27.3. The van der Waals surface area contributed by atoms with E-state index in [2.05, 4.69) is 99.0 Å². The summed E-state index contributed by atoms with van der Waals surface area (Å²) in [6.45, 7) is 2.65. The zero-order valence-electron chi connectivity index (χ0n) is 28.6. The maximum absolute atomic E-state index is 5.56. The zero-order valence-corrected chi connectivity index (χ0v) is 30.4. The summed E-state index contributed by atoms with van der Waals surface area (Å²) in [5.41, 5.74) is 4.04. The average molecular weight is 662 g/mol. The van der Waals surface area contributed by atoms with Crippen LogP contribution in [0.5, 0.6) is 11.5 Å². The van der Waals surface area contributed by atoms with E-state index < -0.39 is 7.92 Å². The van der Waals surface area contributed by atoms with E-state index in [1.165, 1.54) is 109 Å². The lowest BCUT2D eigenvalue weighted by molar-refractivity contribution is 0.415. The fourth-order valence-electron chi connectivity index (χ4n) is 8.57. The standard InChI is InChI=1S/C43H51O2P2/c1-31(46(38-13-8-4-5-9-14-38)39-15-10-6-7-11-16-39)42-17-12-18-43(42)47(40-25-21-32-27-36(44-2)23-19-34(32)29-40)41-26-22-33-28-37(45-3)24-20-35(33)30-41/h12,17-31,38-39H,4-11,13-16H2,1-3H3/t31-/m0/s1. The molecule has 3 fully saturated rings. The Morgan fingerprint density at radius 2 is 1.00 bits per heavy atom. The molecule has 2 nitrogen and oxygen atoms in total. The number of rotatable bonds is 9. The van der Waals surface area contributed by atoms with Crippen LogP contribution in [0.1, 0.15) is 84.0 Å². The number of ether oxygens (including phenoxy) is 2. The van der Waals surface area contributed by atoms with Gasteiger partial charge in [-0.2, -0.15) is 0 Å². The van der Waals surface area contributed by atoms with Gasteiger partial charge in [0.1, 0.15) is 11.5 Å². The highest BCUT2D eigenvalue weighted by Crippen LogP contribution is 2.66. The minimum absolute atomic E-state index is 0.107. The predicted octanol–water partition coefficient (Wildman–Crippen LogP) is 11.5. The van der Waals surface area contributed by atoms with E-state index in [1.807, 2.05) is 0 Å². The van der Waals surface area contributed by atoms with Gasteiger partial charge in [0.25, 0.3) is 0 Å². The average Bonchev–Trinajstić information content (AvgIpc) is 3.26. The monoisotopic (exact) mass is 661 g/mol. The molecule has 0 heterocycles. The van der Waals surface area contributed by atoms with Crippen LogP contribution in [0.25, 0.3) is 21.5 Å². The van der Waals surface area contributed by atoms with E-state index >= 15 is 0 Å². The Labute approximate surface area is 286 Å². The molecule has 0 spiro atoms. The molecule has 3 saturated carbocycles. The maximum Gasteiger partial charge on any atom is 0.119 e. The summed E-state index contributed by atoms with van der Waals surface area (Å²) < 4.78 is 11.1. The molecule has 0 amide bonds. The Hall–Kier alpha value is -2.14. The fourth-order valence-corrected chi connectivity index (χ4v) is 15.6. The molecule has 245 valence electrons. The van der Waals surface area contributed by atoms with Gasteiger partial charge in [-0.25, -0.2) is 0 Å². The molecular weight excluding hydrogens is 610 g/mol. The first kappa shape index (κ1) is 33.4. The zero-order chi connectivity index (χ0) is 32.2. The summed E-state index contributed by atoms with van der Waals surface area (Å²) in [5.74, 6) is 3.46. The molecule has 0 unspecified atom stereocenters. The van der Waals surface area contributed by atoms with Gasteiger partial charge >= 0.3 is 0 Å². The molecule has 5 radical (unpaired) electrons. The third-order valence-electron chi connectivity index (χ3n) is 11.0. The molecule has 0 saturated heterocycles. The number of fused-ring (bicyclic) bond motifs is 2. The van der Waals surface area contributed by atoms with Crippen molar-refractivity contribution in [1.29, 1.82) is 0 Å². The second kappa shape index (κ2) is 15.6. The topological polar surface area (TPSA) is 18.5 Å². The minimum Gasteiger partial charge on any atom is -0.497 e. The van der Waals surface area contributed by atoms with E-state index in [9.17, 15) is 0 Å². The minimum atomic E-state index is -0.753. The molecule has 0 aliphatic heterocycles. The molecule has 4 heteroatoms. The lowest BCUT2D eigenvalue weighted by Gasteiger charge is -2.43. The highest BCUT2D eigenvalue weighted by molar-refractivity contribution is 7.76. The van der Waals surface area contributed by atoms with Gasteiger partial charge in [0.15, 0.2) is 0 Å². The van der Waals surface area contributed by atoms with Gasteiger partial charge < -0.3 is 9.47 Å². The van der Waals surface area contributed by atoms with Crippen molar-refractivity contribution in [3.63, 3.8) is 0 Å². The van der Waals surface area contributed by atoms with Gasteiger partial charge in [-0.1, -0.05) is 103 Å². The van der Waals surface area contributed by atoms with E-state index in [1.54, 1.807) is 25.8 Å². The van der Waals surface area contributed by atoms with Crippen LogP contribution in [0.3, 0.4) is 0 Å². The van der Waals surface area contributed by atoms with Crippen molar-refractivity contribution in [3.8, 4) is 11.5 Å². The van der Waals surface area contributed by atoms with Crippen molar-refractivity contribution in [2.75, 3.05) is 14.2 Å². The van der Waals surface area contributed by atoms with Crippen LogP contribution in [0.2, 0.25) is 0 Å². The summed E-state index contributed by atoms with van der Waals surface area (Å²) >= 11 is 0. The van der Waals surface area contributed by atoms with Crippen LogP contribution in [-0.4, -0.2) is 31.2 Å². The van der Waals surface area contributed by atoms with Crippen LogP contribution in [0.15, 0.2) is 72.8 Å². The number of benzene rings is 4. The smallest absolute Gasteiger partial charge is 0.119 e. The molecule has 4 aromatic rings. The SMILES string of the molecule is COc1ccc2cc(P([C]3[CH][CH][CH][C]3[C@H](C)P(C3CCCCCC3)C3CCCCCC3)c3ccc4cc(OC)ccc4c3)ccc2c1. The highest BCUT2D eigenvalue weighted by atomic mass is 31.1. The Morgan fingerprint density at radius 1 is 0.553 bits per heavy atom. The van der Waals surface area contributed by atoms with E-state index in [0.717, 1.165) is 22.8 Å². The van der Waals surface area contributed by atoms with Crippen LogP contribution in [0.4, 0.5) is 0 Å². The third-order valence-corrected chi connectivity index (χ3v) is 17.4. The summed E-state index contributed by atoms with van der Waals surface area (Å²) in [6.07, 6.45) is 24.7. The van der Waals surface area contributed by atoms with E-state index in [0.29, 0.717) is 5.66 Å². The maximum atomic E-state index is 5.56. The molecule has 47 heavy (non-hydrogen) atoms. The van der Waals surface area contributed by atoms with Gasteiger partial charge in [0.2, 0.25) is 0 Å².